The molecule has 1 aliphatic heterocycles. The second-order valence-corrected chi connectivity index (χ2v) is 8.39. The highest BCUT2D eigenvalue weighted by Gasteiger charge is 2.24. The molecule has 10 heteroatoms. The molecule has 10 nitrogen and oxygen atoms in total. The summed E-state index contributed by atoms with van der Waals surface area (Å²) in [5, 5.41) is 6.85. The number of hydrogen-bond acceptors (Lipinski definition) is 8. The average molecular weight is 495 g/mol. The number of methoxy groups -OCH3 is 3. The van der Waals surface area contributed by atoms with Gasteiger partial charge < -0.3 is 29.0 Å². The molecule has 0 bridgehead atoms. The van der Waals surface area contributed by atoms with Crippen molar-refractivity contribution < 1.29 is 28.3 Å². The van der Waals surface area contributed by atoms with Gasteiger partial charge in [0.2, 0.25) is 17.6 Å². The molecule has 0 atom stereocenters. The second-order valence-electron chi connectivity index (χ2n) is 8.39. The third-order valence-electron chi connectivity index (χ3n) is 6.05. The SMILES string of the molecule is COc1ccc(-c2noc(CCC(=O)Nc3cc(OC)c(OC)cc3C(=O)N3CCCCC3)n2)cc1. The molecule has 2 aromatic carbocycles. The van der Waals surface area contributed by atoms with E-state index in [9.17, 15) is 9.59 Å². The highest BCUT2D eigenvalue weighted by Crippen LogP contribution is 2.34. The van der Waals surface area contributed by atoms with Crippen molar-refractivity contribution >= 4 is 17.5 Å². The molecule has 2 heterocycles. The Hall–Kier alpha value is -4.08. The number of likely N-dealkylation sites (tertiary alicyclic amines) is 1. The molecule has 0 radical (unpaired) electrons. The smallest absolute Gasteiger partial charge is 0.256 e. The third-order valence-corrected chi connectivity index (χ3v) is 6.05. The predicted octanol–water partition coefficient (Wildman–Crippen LogP) is 3.96. The number of nitrogens with one attached hydrogen (secondary N) is 1. The van der Waals surface area contributed by atoms with Gasteiger partial charge in [-0.1, -0.05) is 5.16 Å². The first-order valence-electron chi connectivity index (χ1n) is 11.8. The number of carbonyl (C=O) groups excluding carboxylic acids is 2. The van der Waals surface area contributed by atoms with E-state index in [1.807, 2.05) is 24.3 Å². The van der Waals surface area contributed by atoms with Crippen molar-refractivity contribution in [1.29, 1.82) is 0 Å². The Morgan fingerprint density at radius 2 is 1.67 bits per heavy atom. The normalized spacial score (nSPS) is 13.2. The lowest BCUT2D eigenvalue weighted by atomic mass is 10.1. The fraction of sp³-hybridized carbons (Fsp3) is 0.385. The van der Waals surface area contributed by atoms with Crippen molar-refractivity contribution in [3.05, 3.63) is 47.9 Å². The number of ether oxygens (including phenoxy) is 3. The van der Waals surface area contributed by atoms with Gasteiger partial charge in [0.05, 0.1) is 32.6 Å². The van der Waals surface area contributed by atoms with Crippen molar-refractivity contribution in [3.63, 3.8) is 0 Å². The summed E-state index contributed by atoms with van der Waals surface area (Å²) in [5.74, 6) is 1.91. The molecule has 0 aliphatic carbocycles. The molecular formula is C26H30N4O6. The van der Waals surface area contributed by atoms with E-state index in [-0.39, 0.29) is 24.7 Å². The summed E-state index contributed by atoms with van der Waals surface area (Å²) in [6.45, 7) is 1.38. The van der Waals surface area contributed by atoms with Crippen LogP contribution in [0.1, 0.15) is 41.9 Å². The van der Waals surface area contributed by atoms with Gasteiger partial charge in [-0.25, -0.2) is 0 Å². The number of nitrogens with zero attached hydrogens (tertiary/aromatic N) is 3. The second kappa shape index (κ2) is 11.6. The van der Waals surface area contributed by atoms with Gasteiger partial charge >= 0.3 is 0 Å². The van der Waals surface area contributed by atoms with Crippen LogP contribution in [0.15, 0.2) is 40.9 Å². The maximum atomic E-state index is 13.3. The van der Waals surface area contributed by atoms with Gasteiger partial charge in [0, 0.05) is 37.6 Å². The van der Waals surface area contributed by atoms with Crippen molar-refractivity contribution in [2.24, 2.45) is 0 Å². The van der Waals surface area contributed by atoms with E-state index >= 15 is 0 Å². The van der Waals surface area contributed by atoms with Crippen LogP contribution in [0.3, 0.4) is 0 Å². The minimum Gasteiger partial charge on any atom is -0.497 e. The van der Waals surface area contributed by atoms with Crippen LogP contribution in [-0.4, -0.2) is 61.3 Å². The van der Waals surface area contributed by atoms with Crippen LogP contribution in [0, 0.1) is 0 Å². The van der Waals surface area contributed by atoms with E-state index in [1.165, 1.54) is 14.2 Å². The zero-order valence-corrected chi connectivity index (χ0v) is 20.7. The summed E-state index contributed by atoms with van der Waals surface area (Å²) in [7, 11) is 4.61. The lowest BCUT2D eigenvalue weighted by molar-refractivity contribution is -0.116. The minimum atomic E-state index is -0.292. The van der Waals surface area contributed by atoms with Crippen LogP contribution in [0.5, 0.6) is 17.2 Å². The van der Waals surface area contributed by atoms with Gasteiger partial charge in [0.1, 0.15) is 5.75 Å². The zero-order valence-electron chi connectivity index (χ0n) is 20.7. The standard InChI is InChI=1S/C26H30N4O6/c1-33-18-9-7-17(8-10-18)25-28-24(36-29-25)12-11-23(31)27-20-16-22(35-3)21(34-2)15-19(20)26(32)30-13-5-4-6-14-30/h7-10,15-16H,4-6,11-14H2,1-3H3,(H,27,31). The number of aryl methyl sites for hydroxylation is 1. The first kappa shape index (κ1) is 25.0. The van der Waals surface area contributed by atoms with E-state index in [0.29, 0.717) is 47.6 Å². The Morgan fingerprint density at radius 1 is 0.972 bits per heavy atom. The van der Waals surface area contributed by atoms with Gasteiger partial charge in [-0.3, -0.25) is 9.59 Å². The Labute approximate surface area is 209 Å². The van der Waals surface area contributed by atoms with Crippen LogP contribution in [0.2, 0.25) is 0 Å². The summed E-state index contributed by atoms with van der Waals surface area (Å²) < 4.78 is 21.2. The number of anilines is 1. The molecule has 1 saturated heterocycles. The predicted molar refractivity (Wildman–Crippen MR) is 133 cm³/mol. The van der Waals surface area contributed by atoms with Crippen molar-refractivity contribution in [2.45, 2.75) is 32.1 Å². The van der Waals surface area contributed by atoms with Crippen LogP contribution >= 0.6 is 0 Å². The summed E-state index contributed by atoms with van der Waals surface area (Å²) in [6, 6.07) is 10.5. The van der Waals surface area contributed by atoms with Gasteiger partial charge in [-0.15, -0.1) is 0 Å². The number of benzene rings is 2. The van der Waals surface area contributed by atoms with E-state index in [0.717, 1.165) is 30.6 Å². The average Bonchev–Trinajstić information content (AvgIpc) is 3.41. The zero-order chi connectivity index (χ0) is 25.5. The molecule has 4 rings (SSSR count). The molecule has 1 aliphatic rings. The Kier molecular flexibility index (Phi) is 8.04. The summed E-state index contributed by atoms with van der Waals surface area (Å²) in [5.41, 5.74) is 1.52. The lowest BCUT2D eigenvalue weighted by Gasteiger charge is -2.28. The Bertz CT molecular complexity index is 1200. The van der Waals surface area contributed by atoms with Gasteiger partial charge in [-0.2, -0.15) is 4.98 Å². The summed E-state index contributed by atoms with van der Waals surface area (Å²) in [4.78, 5) is 32.3. The molecular weight excluding hydrogens is 464 g/mol. The molecule has 0 saturated carbocycles. The molecule has 36 heavy (non-hydrogen) atoms. The third kappa shape index (κ3) is 5.76. The molecule has 0 unspecified atom stereocenters. The number of piperidine rings is 1. The highest BCUT2D eigenvalue weighted by molar-refractivity contribution is 6.04. The van der Waals surface area contributed by atoms with Crippen LogP contribution < -0.4 is 19.5 Å². The van der Waals surface area contributed by atoms with Gasteiger partial charge in [0.15, 0.2) is 11.5 Å². The quantitative estimate of drug-likeness (QED) is 0.475. The van der Waals surface area contributed by atoms with Crippen LogP contribution in [0.4, 0.5) is 5.69 Å². The fourth-order valence-corrected chi connectivity index (χ4v) is 4.07. The molecule has 1 fully saturated rings. The van der Waals surface area contributed by atoms with Gasteiger partial charge in [-0.05, 0) is 49.6 Å². The number of carbonyl (C=O) groups is 2. The molecule has 3 aromatic rings. The Morgan fingerprint density at radius 3 is 2.33 bits per heavy atom. The van der Waals surface area contributed by atoms with Crippen LogP contribution in [-0.2, 0) is 11.2 Å². The largest absolute Gasteiger partial charge is 0.497 e. The fourth-order valence-electron chi connectivity index (χ4n) is 4.07. The van der Waals surface area contributed by atoms with Crippen molar-refractivity contribution in [1.82, 2.24) is 15.0 Å². The molecule has 2 amide bonds. The summed E-state index contributed by atoms with van der Waals surface area (Å²) >= 11 is 0. The first-order chi connectivity index (χ1) is 17.5. The number of amides is 2. The molecule has 0 spiro atoms. The maximum absolute atomic E-state index is 13.3. The number of rotatable bonds is 9. The monoisotopic (exact) mass is 494 g/mol. The molecule has 190 valence electrons. The van der Waals surface area contributed by atoms with Crippen LogP contribution in [0.25, 0.3) is 11.4 Å². The number of hydrogen-bond donors (Lipinski definition) is 1. The molecule has 1 aromatic heterocycles. The van der Waals surface area contributed by atoms with Crippen molar-refractivity contribution in [2.75, 3.05) is 39.7 Å². The maximum Gasteiger partial charge on any atom is 0.256 e. The van der Waals surface area contributed by atoms with Gasteiger partial charge in [0.25, 0.3) is 5.91 Å². The first-order valence-corrected chi connectivity index (χ1v) is 11.8. The summed E-state index contributed by atoms with van der Waals surface area (Å²) in [6.07, 6.45) is 3.37. The lowest BCUT2D eigenvalue weighted by Crippen LogP contribution is -2.36. The topological polar surface area (TPSA) is 116 Å². The highest BCUT2D eigenvalue weighted by atomic mass is 16.5. The van der Waals surface area contributed by atoms with E-state index in [1.54, 1.807) is 24.1 Å². The van der Waals surface area contributed by atoms with E-state index in [2.05, 4.69) is 15.5 Å². The van der Waals surface area contributed by atoms with E-state index < -0.39 is 0 Å². The minimum absolute atomic E-state index is 0.0932. The van der Waals surface area contributed by atoms with E-state index in [4.69, 9.17) is 18.7 Å². The Balaban J connectivity index is 1.45. The number of aromatic nitrogens is 2. The van der Waals surface area contributed by atoms with Crippen molar-refractivity contribution in [3.8, 4) is 28.6 Å². The molecule has 1 N–H and O–H groups in total.